The number of hydrogen-bond acceptors (Lipinski definition) is 5. The Labute approximate surface area is 124 Å². The minimum Gasteiger partial charge on any atom is -0.480 e. The molecule has 1 fully saturated rings. The summed E-state index contributed by atoms with van der Waals surface area (Å²) < 4.78 is 7.03. The van der Waals surface area contributed by atoms with Gasteiger partial charge in [0.25, 0.3) is 0 Å². The van der Waals surface area contributed by atoms with Gasteiger partial charge in [0.1, 0.15) is 17.7 Å². The molecule has 0 radical (unpaired) electrons. The van der Waals surface area contributed by atoms with E-state index in [0.29, 0.717) is 18.9 Å². The van der Waals surface area contributed by atoms with Crippen molar-refractivity contribution >= 4 is 5.97 Å². The first kappa shape index (κ1) is 15.9. The van der Waals surface area contributed by atoms with Gasteiger partial charge in [-0.1, -0.05) is 13.8 Å². The van der Waals surface area contributed by atoms with Crippen molar-refractivity contribution in [1.29, 1.82) is 0 Å². The minimum absolute atomic E-state index is 0.195. The summed E-state index contributed by atoms with van der Waals surface area (Å²) in [5.74, 6) is 0.455. The van der Waals surface area contributed by atoms with Crippen molar-refractivity contribution in [2.24, 2.45) is 5.92 Å². The lowest BCUT2D eigenvalue weighted by molar-refractivity contribution is -0.153. The Bertz CT molecular complexity index is 488. The number of methoxy groups -OCH3 is 1. The number of ether oxygens (including phenoxy) is 1. The fourth-order valence-electron chi connectivity index (χ4n) is 2.95. The normalized spacial score (nSPS) is 23.0. The summed E-state index contributed by atoms with van der Waals surface area (Å²) >= 11 is 0. The number of aromatic nitrogens is 3. The topological polar surface area (TPSA) is 80.5 Å². The van der Waals surface area contributed by atoms with Crippen LogP contribution in [-0.4, -0.2) is 56.5 Å². The van der Waals surface area contributed by atoms with E-state index in [-0.39, 0.29) is 6.61 Å². The third kappa shape index (κ3) is 3.24. The van der Waals surface area contributed by atoms with Crippen molar-refractivity contribution in [1.82, 2.24) is 19.7 Å². The zero-order valence-corrected chi connectivity index (χ0v) is 12.9. The van der Waals surface area contributed by atoms with Crippen LogP contribution in [0, 0.1) is 5.92 Å². The van der Waals surface area contributed by atoms with Crippen molar-refractivity contribution in [3.8, 4) is 0 Å². The number of likely N-dealkylation sites (tertiary alicyclic amines) is 1. The zero-order chi connectivity index (χ0) is 15.5. The van der Waals surface area contributed by atoms with Crippen LogP contribution in [-0.2, 0) is 22.6 Å². The van der Waals surface area contributed by atoms with E-state index in [9.17, 15) is 9.90 Å². The van der Waals surface area contributed by atoms with Crippen molar-refractivity contribution in [2.45, 2.75) is 45.3 Å². The van der Waals surface area contributed by atoms with Gasteiger partial charge in [0.05, 0.1) is 13.2 Å². The number of aliphatic carboxylic acids is 1. The SMILES string of the molecule is COCC1(C(=O)O)CCCN1Cc1ncnn1CC(C)C. The maximum Gasteiger partial charge on any atom is 0.326 e. The molecular weight excluding hydrogens is 272 g/mol. The van der Waals surface area contributed by atoms with Gasteiger partial charge in [0.2, 0.25) is 0 Å². The maximum atomic E-state index is 11.8. The van der Waals surface area contributed by atoms with Gasteiger partial charge < -0.3 is 9.84 Å². The molecule has 1 aliphatic rings. The van der Waals surface area contributed by atoms with Crippen LogP contribution in [0.25, 0.3) is 0 Å². The molecule has 1 N–H and O–H groups in total. The van der Waals surface area contributed by atoms with E-state index in [1.165, 1.54) is 6.33 Å². The van der Waals surface area contributed by atoms with Gasteiger partial charge in [0.15, 0.2) is 0 Å². The van der Waals surface area contributed by atoms with Gasteiger partial charge in [-0.25, -0.2) is 9.67 Å². The molecule has 1 atom stereocenters. The van der Waals surface area contributed by atoms with Crippen LogP contribution < -0.4 is 0 Å². The van der Waals surface area contributed by atoms with Crippen LogP contribution in [0.5, 0.6) is 0 Å². The molecule has 2 rings (SSSR count). The molecule has 1 unspecified atom stereocenters. The van der Waals surface area contributed by atoms with E-state index in [1.807, 2.05) is 9.58 Å². The molecule has 0 saturated carbocycles. The van der Waals surface area contributed by atoms with E-state index in [4.69, 9.17) is 4.74 Å². The Balaban J connectivity index is 2.18. The molecule has 0 bridgehead atoms. The molecule has 7 heteroatoms. The summed E-state index contributed by atoms with van der Waals surface area (Å²) in [5, 5.41) is 13.9. The number of hydrogen-bond donors (Lipinski definition) is 1. The lowest BCUT2D eigenvalue weighted by Crippen LogP contribution is -2.53. The average Bonchev–Trinajstić information content (AvgIpc) is 2.99. The Morgan fingerprint density at radius 2 is 2.33 bits per heavy atom. The quantitative estimate of drug-likeness (QED) is 0.808. The molecule has 0 aliphatic carbocycles. The van der Waals surface area contributed by atoms with Gasteiger partial charge in [-0.2, -0.15) is 5.10 Å². The van der Waals surface area contributed by atoms with Gasteiger partial charge >= 0.3 is 5.97 Å². The Hall–Kier alpha value is -1.47. The first-order valence-corrected chi connectivity index (χ1v) is 7.33. The number of carboxylic acid groups (broad SMARTS) is 1. The van der Waals surface area contributed by atoms with Gasteiger partial charge in [0, 0.05) is 13.7 Å². The summed E-state index contributed by atoms with van der Waals surface area (Å²) in [7, 11) is 1.54. The fourth-order valence-corrected chi connectivity index (χ4v) is 2.95. The standard InChI is InChI=1S/C14H24N4O3/c1-11(2)7-18-12(15-10-16-18)8-17-6-4-5-14(17,9-21-3)13(19)20/h10-11H,4-9H2,1-3H3,(H,19,20). The van der Waals surface area contributed by atoms with E-state index in [1.54, 1.807) is 7.11 Å². The zero-order valence-electron chi connectivity index (χ0n) is 12.9. The highest BCUT2D eigenvalue weighted by atomic mass is 16.5. The molecule has 1 saturated heterocycles. The highest BCUT2D eigenvalue weighted by Gasteiger charge is 2.48. The summed E-state index contributed by atoms with van der Waals surface area (Å²) in [4.78, 5) is 18.0. The second kappa shape index (κ2) is 6.53. The second-order valence-corrected chi connectivity index (χ2v) is 6.05. The van der Waals surface area contributed by atoms with E-state index in [0.717, 1.165) is 25.3 Å². The van der Waals surface area contributed by atoms with Crippen molar-refractivity contribution in [2.75, 3.05) is 20.3 Å². The summed E-state index contributed by atoms with van der Waals surface area (Å²) in [5.41, 5.74) is -0.941. The van der Waals surface area contributed by atoms with Gasteiger partial charge in [-0.3, -0.25) is 9.69 Å². The number of carboxylic acids is 1. The predicted molar refractivity (Wildman–Crippen MR) is 76.7 cm³/mol. The highest BCUT2D eigenvalue weighted by Crippen LogP contribution is 2.31. The largest absolute Gasteiger partial charge is 0.480 e. The summed E-state index contributed by atoms with van der Waals surface area (Å²) in [6, 6.07) is 0. The molecule has 7 nitrogen and oxygen atoms in total. The lowest BCUT2D eigenvalue weighted by Gasteiger charge is -2.33. The van der Waals surface area contributed by atoms with E-state index in [2.05, 4.69) is 23.9 Å². The van der Waals surface area contributed by atoms with Crippen molar-refractivity contribution < 1.29 is 14.6 Å². The molecular formula is C14H24N4O3. The predicted octanol–water partition coefficient (Wildman–Crippen LogP) is 1.000. The smallest absolute Gasteiger partial charge is 0.326 e. The van der Waals surface area contributed by atoms with Crippen LogP contribution in [0.4, 0.5) is 0 Å². The van der Waals surface area contributed by atoms with Gasteiger partial charge in [-0.05, 0) is 25.3 Å². The molecule has 0 spiro atoms. The first-order valence-electron chi connectivity index (χ1n) is 7.33. The van der Waals surface area contributed by atoms with Crippen LogP contribution in [0.2, 0.25) is 0 Å². The summed E-state index contributed by atoms with van der Waals surface area (Å²) in [6.07, 6.45) is 3.00. The molecule has 21 heavy (non-hydrogen) atoms. The molecule has 1 aromatic rings. The lowest BCUT2D eigenvalue weighted by atomic mass is 9.97. The van der Waals surface area contributed by atoms with E-state index < -0.39 is 11.5 Å². The maximum absolute atomic E-state index is 11.8. The molecule has 0 amide bonds. The molecule has 1 aromatic heterocycles. The van der Waals surface area contributed by atoms with E-state index >= 15 is 0 Å². The van der Waals surface area contributed by atoms with Crippen LogP contribution >= 0.6 is 0 Å². The fraction of sp³-hybridized carbons (Fsp3) is 0.786. The third-order valence-electron chi connectivity index (χ3n) is 3.97. The number of nitrogens with zero attached hydrogens (tertiary/aromatic N) is 4. The third-order valence-corrected chi connectivity index (χ3v) is 3.97. The molecule has 1 aliphatic heterocycles. The Morgan fingerprint density at radius 1 is 1.57 bits per heavy atom. The highest BCUT2D eigenvalue weighted by molar-refractivity contribution is 5.79. The average molecular weight is 296 g/mol. The Kier molecular flexibility index (Phi) is 4.95. The van der Waals surface area contributed by atoms with Crippen molar-refractivity contribution in [3.63, 3.8) is 0 Å². The molecule has 2 heterocycles. The van der Waals surface area contributed by atoms with Gasteiger partial charge in [-0.15, -0.1) is 0 Å². The Morgan fingerprint density at radius 3 is 2.95 bits per heavy atom. The monoisotopic (exact) mass is 296 g/mol. The van der Waals surface area contributed by atoms with Crippen molar-refractivity contribution in [3.05, 3.63) is 12.2 Å². The number of carbonyl (C=O) groups is 1. The molecule has 0 aromatic carbocycles. The second-order valence-electron chi connectivity index (χ2n) is 6.05. The minimum atomic E-state index is -0.941. The molecule has 118 valence electrons. The first-order chi connectivity index (χ1) is 9.99. The van der Waals surface area contributed by atoms with Crippen LogP contribution in [0.15, 0.2) is 6.33 Å². The number of rotatable bonds is 7. The van der Waals surface area contributed by atoms with Crippen LogP contribution in [0.1, 0.15) is 32.5 Å². The summed E-state index contributed by atoms with van der Waals surface area (Å²) in [6.45, 7) is 6.45. The van der Waals surface area contributed by atoms with Crippen LogP contribution in [0.3, 0.4) is 0 Å².